The summed E-state index contributed by atoms with van der Waals surface area (Å²) in [5.74, 6) is 0.976. The average Bonchev–Trinajstić information content (AvgIpc) is 3.04. The Kier molecular flexibility index (Phi) is 8.75. The quantitative estimate of drug-likeness (QED) is 0.527. The summed E-state index contributed by atoms with van der Waals surface area (Å²) in [5, 5.41) is 9.22. The molecular weight excluding hydrogens is 362 g/mol. The first kappa shape index (κ1) is 20.6. The van der Waals surface area contributed by atoms with Crippen LogP contribution in [0.5, 0.6) is 0 Å². The summed E-state index contributed by atoms with van der Waals surface area (Å²) in [5.41, 5.74) is 3.85. The van der Waals surface area contributed by atoms with Crippen molar-refractivity contribution < 1.29 is 0 Å². The largest absolute Gasteiger partial charge is 0.314 e. The van der Waals surface area contributed by atoms with E-state index in [1.54, 1.807) is 0 Å². The highest BCUT2D eigenvalue weighted by Gasteiger charge is 2.08. The summed E-state index contributed by atoms with van der Waals surface area (Å²) >= 11 is 1.87. The molecule has 138 valence electrons. The van der Waals surface area contributed by atoms with Crippen LogP contribution in [-0.2, 0) is 25.3 Å². The molecule has 0 amide bonds. The van der Waals surface area contributed by atoms with Gasteiger partial charge in [0.25, 0.3) is 0 Å². The van der Waals surface area contributed by atoms with Crippen molar-refractivity contribution in [2.45, 2.75) is 36.7 Å². The minimum atomic E-state index is 0. The van der Waals surface area contributed by atoms with Crippen LogP contribution in [0, 0.1) is 0 Å². The van der Waals surface area contributed by atoms with Crippen LogP contribution in [0.3, 0.4) is 0 Å². The monoisotopic (exact) mass is 387 g/mol. The van der Waals surface area contributed by atoms with Gasteiger partial charge in [-0.2, -0.15) is 5.10 Å². The van der Waals surface area contributed by atoms with Gasteiger partial charge in [0.15, 0.2) is 0 Å². The molecule has 0 fully saturated rings. The lowest BCUT2D eigenvalue weighted by Crippen LogP contribution is -2.08. The number of thioether (sulfide) groups is 1. The molecule has 3 nitrogen and oxygen atoms in total. The van der Waals surface area contributed by atoms with Crippen LogP contribution >= 0.6 is 24.2 Å². The summed E-state index contributed by atoms with van der Waals surface area (Å²) in [6, 6.07) is 23.5. The molecule has 1 aromatic heterocycles. The van der Waals surface area contributed by atoms with E-state index in [9.17, 15) is 0 Å². The fraction of sp³-hybridized carbons (Fsp3) is 0.286. The maximum atomic E-state index is 4.78. The first-order chi connectivity index (χ1) is 12.3. The maximum absolute atomic E-state index is 4.78. The van der Waals surface area contributed by atoms with Gasteiger partial charge in [-0.05, 0) is 37.1 Å². The minimum Gasteiger partial charge on any atom is -0.314 e. The smallest absolute Gasteiger partial charge is 0.0946 e. The summed E-state index contributed by atoms with van der Waals surface area (Å²) in [4.78, 5) is 0. The van der Waals surface area contributed by atoms with Crippen LogP contribution in [0.25, 0.3) is 0 Å². The van der Waals surface area contributed by atoms with E-state index in [1.807, 2.05) is 18.8 Å². The van der Waals surface area contributed by atoms with Gasteiger partial charge in [-0.25, -0.2) is 0 Å². The number of nitrogens with zero attached hydrogens (tertiary/aromatic N) is 2. The first-order valence-corrected chi connectivity index (χ1v) is 9.75. The van der Waals surface area contributed by atoms with E-state index in [1.165, 1.54) is 16.2 Å². The average molecular weight is 388 g/mol. The zero-order valence-corrected chi connectivity index (χ0v) is 16.7. The molecule has 1 heterocycles. The number of aromatic nitrogens is 2. The Morgan fingerprint density at radius 1 is 0.962 bits per heavy atom. The van der Waals surface area contributed by atoms with Gasteiger partial charge in [0.05, 0.1) is 10.7 Å². The minimum absolute atomic E-state index is 0. The van der Waals surface area contributed by atoms with E-state index in [0.717, 1.165) is 37.4 Å². The fourth-order valence-electron chi connectivity index (χ4n) is 2.80. The SMILES string of the molecule is CNCc1cc(SCc2ccccc2)n(CCCc2ccccc2)n1.Cl. The van der Waals surface area contributed by atoms with E-state index >= 15 is 0 Å². The molecule has 0 radical (unpaired) electrons. The van der Waals surface area contributed by atoms with Gasteiger partial charge in [-0.3, -0.25) is 4.68 Å². The zero-order valence-electron chi connectivity index (χ0n) is 15.1. The van der Waals surface area contributed by atoms with Crippen LogP contribution in [0.2, 0.25) is 0 Å². The second kappa shape index (κ2) is 11.1. The number of rotatable bonds is 9. The lowest BCUT2D eigenvalue weighted by Gasteiger charge is -2.07. The fourth-order valence-corrected chi connectivity index (χ4v) is 3.81. The Morgan fingerprint density at radius 2 is 1.62 bits per heavy atom. The van der Waals surface area contributed by atoms with Crippen molar-refractivity contribution in [3.05, 3.63) is 83.6 Å². The molecule has 0 aliphatic rings. The number of benzene rings is 2. The molecule has 3 rings (SSSR count). The molecule has 26 heavy (non-hydrogen) atoms. The second-order valence-corrected chi connectivity index (χ2v) is 7.09. The maximum Gasteiger partial charge on any atom is 0.0946 e. The van der Waals surface area contributed by atoms with Crippen molar-refractivity contribution in [2.75, 3.05) is 7.05 Å². The van der Waals surface area contributed by atoms with Crippen LogP contribution < -0.4 is 5.32 Å². The van der Waals surface area contributed by atoms with Crippen LogP contribution in [0.4, 0.5) is 0 Å². The standard InChI is InChI=1S/C21H25N3S.ClH/c1-22-16-20-15-21(25-17-19-11-6-3-7-12-19)24(23-20)14-8-13-18-9-4-2-5-10-18;/h2-7,9-12,15,22H,8,13-14,16-17H2,1H3;1H. The Hall–Kier alpha value is -1.75. The van der Waals surface area contributed by atoms with Gasteiger partial charge in [0, 0.05) is 18.8 Å². The van der Waals surface area contributed by atoms with Crippen LogP contribution in [0.1, 0.15) is 23.2 Å². The molecule has 0 aliphatic heterocycles. The highest BCUT2D eigenvalue weighted by molar-refractivity contribution is 7.98. The molecule has 3 aromatic rings. The number of halogens is 1. The normalized spacial score (nSPS) is 10.5. The predicted molar refractivity (Wildman–Crippen MR) is 113 cm³/mol. The Labute approximate surface area is 166 Å². The topological polar surface area (TPSA) is 29.9 Å². The first-order valence-electron chi connectivity index (χ1n) is 8.77. The Morgan fingerprint density at radius 3 is 2.27 bits per heavy atom. The number of hydrogen-bond acceptors (Lipinski definition) is 3. The highest BCUT2D eigenvalue weighted by Crippen LogP contribution is 2.24. The van der Waals surface area contributed by atoms with E-state index in [4.69, 9.17) is 5.10 Å². The number of hydrogen-bond donors (Lipinski definition) is 1. The van der Waals surface area contributed by atoms with Gasteiger partial charge in [-0.1, -0.05) is 60.7 Å². The third-order valence-electron chi connectivity index (χ3n) is 4.06. The highest BCUT2D eigenvalue weighted by atomic mass is 35.5. The molecule has 0 saturated heterocycles. The van der Waals surface area contributed by atoms with Gasteiger partial charge >= 0.3 is 0 Å². The molecule has 0 unspecified atom stereocenters. The Bertz CT molecular complexity index is 759. The molecule has 0 bridgehead atoms. The van der Waals surface area contributed by atoms with Crippen molar-refractivity contribution >= 4 is 24.2 Å². The van der Waals surface area contributed by atoms with E-state index in [-0.39, 0.29) is 12.4 Å². The summed E-state index contributed by atoms with van der Waals surface area (Å²) in [6.07, 6.45) is 2.19. The third-order valence-corrected chi connectivity index (χ3v) is 5.16. The van der Waals surface area contributed by atoms with Gasteiger partial charge < -0.3 is 5.32 Å². The van der Waals surface area contributed by atoms with Crippen LogP contribution in [0.15, 0.2) is 71.8 Å². The summed E-state index contributed by atoms with van der Waals surface area (Å²) in [6.45, 7) is 1.76. The zero-order chi connectivity index (χ0) is 17.3. The molecule has 2 aromatic carbocycles. The van der Waals surface area contributed by atoms with Crippen molar-refractivity contribution in [3.63, 3.8) is 0 Å². The van der Waals surface area contributed by atoms with Gasteiger partial charge in [0.2, 0.25) is 0 Å². The summed E-state index contributed by atoms with van der Waals surface area (Å²) in [7, 11) is 1.96. The predicted octanol–water partition coefficient (Wildman–Crippen LogP) is 4.95. The van der Waals surface area contributed by atoms with Crippen molar-refractivity contribution in [1.29, 1.82) is 0 Å². The van der Waals surface area contributed by atoms with Crippen molar-refractivity contribution in [1.82, 2.24) is 15.1 Å². The molecule has 0 atom stereocenters. The van der Waals surface area contributed by atoms with E-state index in [0.29, 0.717) is 0 Å². The summed E-state index contributed by atoms with van der Waals surface area (Å²) < 4.78 is 2.17. The van der Waals surface area contributed by atoms with Crippen molar-refractivity contribution in [3.8, 4) is 0 Å². The number of aryl methyl sites for hydroxylation is 2. The third kappa shape index (κ3) is 6.20. The molecule has 0 aliphatic carbocycles. The van der Waals surface area contributed by atoms with Gasteiger partial charge in [0.1, 0.15) is 0 Å². The molecule has 0 spiro atoms. The molecule has 0 saturated carbocycles. The number of nitrogens with one attached hydrogen (secondary N) is 1. The Balaban J connectivity index is 0.00000243. The van der Waals surface area contributed by atoms with E-state index in [2.05, 4.69) is 76.7 Å². The molecule has 5 heteroatoms. The van der Waals surface area contributed by atoms with Crippen LogP contribution in [-0.4, -0.2) is 16.8 Å². The van der Waals surface area contributed by atoms with Crippen molar-refractivity contribution in [2.24, 2.45) is 0 Å². The van der Waals surface area contributed by atoms with E-state index < -0.39 is 0 Å². The van der Waals surface area contributed by atoms with Gasteiger partial charge in [-0.15, -0.1) is 24.2 Å². The lowest BCUT2D eigenvalue weighted by molar-refractivity contribution is 0.532. The molecule has 1 N–H and O–H groups in total. The lowest BCUT2D eigenvalue weighted by atomic mass is 10.1. The second-order valence-electron chi connectivity index (χ2n) is 6.09. The molecular formula is C21H26ClN3S.